The van der Waals surface area contributed by atoms with Crippen molar-refractivity contribution in [2.75, 3.05) is 18.5 Å². The van der Waals surface area contributed by atoms with Crippen LogP contribution in [0.5, 0.6) is 11.5 Å². The van der Waals surface area contributed by atoms with Crippen LogP contribution < -0.4 is 14.8 Å². The number of nitrogens with one attached hydrogen (secondary N) is 1. The van der Waals surface area contributed by atoms with Crippen LogP contribution in [0.2, 0.25) is 0 Å². The zero-order chi connectivity index (χ0) is 25.5. The smallest absolute Gasteiger partial charge is 0.293 e. The highest BCUT2D eigenvalue weighted by Gasteiger charge is 2.35. The lowest BCUT2D eigenvalue weighted by molar-refractivity contribution is -0.123. The first-order valence-corrected chi connectivity index (χ1v) is 12.0. The predicted octanol–water partition coefficient (Wildman–Crippen LogP) is 5.48. The van der Waals surface area contributed by atoms with Gasteiger partial charge >= 0.3 is 0 Å². The van der Waals surface area contributed by atoms with Gasteiger partial charge in [0, 0.05) is 11.3 Å². The molecule has 4 rings (SSSR count). The summed E-state index contributed by atoms with van der Waals surface area (Å²) < 4.78 is 25.3. The molecule has 0 radical (unpaired) electrons. The highest BCUT2D eigenvalue weighted by molar-refractivity contribution is 8.18. The molecule has 0 saturated carbocycles. The van der Waals surface area contributed by atoms with Crippen LogP contribution in [0.4, 0.5) is 14.9 Å². The van der Waals surface area contributed by atoms with E-state index in [0.717, 1.165) is 16.7 Å². The molecule has 3 aromatic rings. The van der Waals surface area contributed by atoms with Crippen LogP contribution in [0.1, 0.15) is 18.1 Å². The predicted molar refractivity (Wildman–Crippen MR) is 136 cm³/mol. The molecule has 0 spiro atoms. The molecule has 1 saturated heterocycles. The van der Waals surface area contributed by atoms with Gasteiger partial charge in [-0.3, -0.25) is 19.3 Å². The summed E-state index contributed by atoms with van der Waals surface area (Å²) in [4.78, 5) is 38.7. The molecule has 1 aliphatic heterocycles. The molecule has 184 valence electrons. The van der Waals surface area contributed by atoms with Gasteiger partial charge in [-0.05, 0) is 60.7 Å². The van der Waals surface area contributed by atoms with E-state index in [0.29, 0.717) is 29.4 Å². The lowest BCUT2D eigenvalue weighted by Crippen LogP contribution is -2.27. The number of carbonyl (C=O) groups is 3. The van der Waals surface area contributed by atoms with Gasteiger partial charge in [-0.15, -0.1) is 0 Å². The highest BCUT2D eigenvalue weighted by atomic mass is 32.2. The number of halogens is 1. The summed E-state index contributed by atoms with van der Waals surface area (Å²) in [6.45, 7) is 1.81. The summed E-state index contributed by atoms with van der Waals surface area (Å²) in [5.74, 6) is -0.537. The van der Waals surface area contributed by atoms with Gasteiger partial charge in [0.25, 0.3) is 17.1 Å². The number of nitrogens with zero attached hydrogens (tertiary/aromatic N) is 1. The first kappa shape index (κ1) is 25.0. The van der Waals surface area contributed by atoms with Gasteiger partial charge in [0.15, 0.2) is 18.1 Å². The number of hydrogen-bond acceptors (Lipinski definition) is 6. The Morgan fingerprint density at radius 1 is 1.00 bits per heavy atom. The minimum absolute atomic E-state index is 0.142. The summed E-state index contributed by atoms with van der Waals surface area (Å²) in [5.41, 5.74) is 1.53. The first-order chi connectivity index (χ1) is 17.4. The number of anilines is 1. The monoisotopic (exact) mass is 506 g/mol. The van der Waals surface area contributed by atoms with Crippen molar-refractivity contribution in [3.8, 4) is 11.5 Å². The maximum absolute atomic E-state index is 14.0. The molecule has 0 unspecified atom stereocenters. The van der Waals surface area contributed by atoms with Crippen molar-refractivity contribution < 1.29 is 28.2 Å². The Hall–Kier alpha value is -4.11. The third-order valence-electron chi connectivity index (χ3n) is 5.14. The fraction of sp³-hybridized carbons (Fsp3) is 0.148. The van der Waals surface area contributed by atoms with Crippen LogP contribution in [-0.2, 0) is 16.1 Å². The van der Waals surface area contributed by atoms with Gasteiger partial charge in [-0.25, -0.2) is 4.39 Å². The second kappa shape index (κ2) is 11.5. The number of amides is 3. The molecule has 0 atom stereocenters. The summed E-state index contributed by atoms with van der Waals surface area (Å²) in [7, 11) is 0. The SMILES string of the molecule is CCOc1cc(/C=C2\SC(=O)N(Cc3ccccc3F)C2=O)ccc1OCC(=O)Nc1ccccc1. The number of ether oxygens (including phenoxy) is 2. The Labute approximate surface area is 211 Å². The Bertz CT molecular complexity index is 1310. The lowest BCUT2D eigenvalue weighted by Gasteiger charge is -2.13. The standard InChI is InChI=1S/C27H23FN2O5S/c1-2-34-23-14-18(12-13-22(23)35-17-25(31)29-20-9-4-3-5-10-20)15-24-26(32)30(27(33)36-24)16-19-8-6-7-11-21(19)28/h3-15H,2,16-17H2,1H3,(H,29,31)/b24-15-. The molecule has 1 heterocycles. The molecule has 1 fully saturated rings. The van der Waals surface area contributed by atoms with Gasteiger partial charge in [0.1, 0.15) is 5.82 Å². The zero-order valence-corrected chi connectivity index (χ0v) is 20.2. The molecule has 7 nitrogen and oxygen atoms in total. The topological polar surface area (TPSA) is 84.9 Å². The summed E-state index contributed by atoms with van der Waals surface area (Å²) in [5, 5.41) is 2.27. The molecule has 3 aromatic carbocycles. The second-order valence-corrected chi connectivity index (χ2v) is 8.69. The number of imide groups is 1. The van der Waals surface area contributed by atoms with E-state index in [2.05, 4.69) is 5.32 Å². The summed E-state index contributed by atoms with van der Waals surface area (Å²) in [6, 6.07) is 20.0. The lowest BCUT2D eigenvalue weighted by atomic mass is 10.1. The van der Waals surface area contributed by atoms with E-state index in [1.54, 1.807) is 48.5 Å². The second-order valence-electron chi connectivity index (χ2n) is 7.70. The van der Waals surface area contributed by atoms with E-state index in [-0.39, 0.29) is 29.5 Å². The number of thioether (sulfide) groups is 1. The van der Waals surface area contributed by atoms with Crippen molar-refractivity contribution in [2.45, 2.75) is 13.5 Å². The minimum Gasteiger partial charge on any atom is -0.490 e. The Morgan fingerprint density at radius 3 is 2.50 bits per heavy atom. The molecular weight excluding hydrogens is 483 g/mol. The van der Waals surface area contributed by atoms with E-state index in [9.17, 15) is 18.8 Å². The van der Waals surface area contributed by atoms with Gasteiger partial charge in [-0.1, -0.05) is 42.5 Å². The first-order valence-electron chi connectivity index (χ1n) is 11.2. The van der Waals surface area contributed by atoms with Crippen molar-refractivity contribution >= 4 is 40.6 Å². The molecule has 36 heavy (non-hydrogen) atoms. The van der Waals surface area contributed by atoms with Gasteiger partial charge in [0.05, 0.1) is 18.1 Å². The van der Waals surface area contributed by atoms with Crippen LogP contribution in [0, 0.1) is 5.82 Å². The molecule has 9 heteroatoms. The molecule has 1 N–H and O–H groups in total. The van der Waals surface area contributed by atoms with Crippen molar-refractivity contribution in [1.82, 2.24) is 4.90 Å². The molecule has 0 aliphatic carbocycles. The largest absolute Gasteiger partial charge is 0.490 e. The molecule has 0 aromatic heterocycles. The van der Waals surface area contributed by atoms with Crippen molar-refractivity contribution in [3.63, 3.8) is 0 Å². The maximum Gasteiger partial charge on any atom is 0.293 e. The van der Waals surface area contributed by atoms with E-state index < -0.39 is 17.0 Å². The molecule has 3 amide bonds. The van der Waals surface area contributed by atoms with Crippen LogP contribution in [-0.4, -0.2) is 35.2 Å². The normalized spacial score (nSPS) is 14.3. The van der Waals surface area contributed by atoms with Crippen molar-refractivity contribution in [2.24, 2.45) is 0 Å². The zero-order valence-electron chi connectivity index (χ0n) is 19.4. The molecular formula is C27H23FN2O5S. The number of benzene rings is 3. The van der Waals surface area contributed by atoms with Gasteiger partial charge < -0.3 is 14.8 Å². The third kappa shape index (κ3) is 6.11. The average molecular weight is 507 g/mol. The van der Waals surface area contributed by atoms with Gasteiger partial charge in [-0.2, -0.15) is 0 Å². The quantitative estimate of drug-likeness (QED) is 0.387. The highest BCUT2D eigenvalue weighted by Crippen LogP contribution is 2.35. The molecule has 0 bridgehead atoms. The number of hydrogen-bond donors (Lipinski definition) is 1. The van der Waals surface area contributed by atoms with E-state index in [1.807, 2.05) is 25.1 Å². The fourth-order valence-electron chi connectivity index (χ4n) is 3.45. The maximum atomic E-state index is 14.0. The van der Waals surface area contributed by atoms with Crippen LogP contribution in [0.25, 0.3) is 6.08 Å². The van der Waals surface area contributed by atoms with Crippen LogP contribution in [0.15, 0.2) is 77.7 Å². The van der Waals surface area contributed by atoms with E-state index in [1.165, 1.54) is 12.1 Å². The van der Waals surface area contributed by atoms with E-state index >= 15 is 0 Å². The van der Waals surface area contributed by atoms with Crippen molar-refractivity contribution in [3.05, 3.63) is 94.6 Å². The fourth-order valence-corrected chi connectivity index (χ4v) is 4.29. The summed E-state index contributed by atoms with van der Waals surface area (Å²) in [6.07, 6.45) is 1.57. The van der Waals surface area contributed by atoms with Crippen LogP contribution in [0.3, 0.4) is 0 Å². The van der Waals surface area contributed by atoms with Gasteiger partial charge in [0.2, 0.25) is 0 Å². The Kier molecular flexibility index (Phi) is 8.02. The number of rotatable bonds is 9. The van der Waals surface area contributed by atoms with Crippen molar-refractivity contribution in [1.29, 1.82) is 0 Å². The average Bonchev–Trinajstić information content (AvgIpc) is 3.13. The molecule has 1 aliphatic rings. The number of carbonyl (C=O) groups excluding carboxylic acids is 3. The Balaban J connectivity index is 1.45. The van der Waals surface area contributed by atoms with Crippen LogP contribution >= 0.6 is 11.8 Å². The minimum atomic E-state index is -0.496. The summed E-state index contributed by atoms with van der Waals surface area (Å²) >= 11 is 0.791. The number of para-hydroxylation sites is 1. The third-order valence-corrected chi connectivity index (χ3v) is 6.05. The van der Waals surface area contributed by atoms with E-state index in [4.69, 9.17) is 9.47 Å². The Morgan fingerprint density at radius 2 is 1.75 bits per heavy atom.